The fraction of sp³-hybridized carbons (Fsp3) is 0.938. The molecule has 4 heteroatoms. The maximum Gasteiger partial charge on any atom is 0.317 e. The summed E-state index contributed by atoms with van der Waals surface area (Å²) in [4.78, 5) is 14.1. The predicted octanol–water partition coefficient (Wildman–Crippen LogP) is 3.01. The minimum atomic E-state index is 0.0417. The van der Waals surface area contributed by atoms with Gasteiger partial charge in [-0.25, -0.2) is 4.79 Å². The fourth-order valence-electron chi connectivity index (χ4n) is 2.77. The molecule has 1 heterocycles. The smallest absolute Gasteiger partial charge is 0.317 e. The third-order valence-corrected chi connectivity index (χ3v) is 4.74. The Kier molecular flexibility index (Phi) is 6.80. The van der Waals surface area contributed by atoms with Crippen molar-refractivity contribution in [3.05, 3.63) is 0 Å². The summed E-state index contributed by atoms with van der Waals surface area (Å²) >= 11 is 0. The molecular formula is C16H32N2O2. The maximum atomic E-state index is 12.2. The summed E-state index contributed by atoms with van der Waals surface area (Å²) in [5, 5.41) is 12.6. The maximum absolute atomic E-state index is 12.2. The van der Waals surface area contributed by atoms with Crippen LogP contribution in [0, 0.1) is 11.3 Å². The Bertz CT molecular complexity index is 291. The summed E-state index contributed by atoms with van der Waals surface area (Å²) in [7, 11) is 0. The summed E-state index contributed by atoms with van der Waals surface area (Å²) < 4.78 is 0. The molecule has 0 saturated carbocycles. The molecule has 4 nitrogen and oxygen atoms in total. The molecule has 0 spiro atoms. The van der Waals surface area contributed by atoms with E-state index in [-0.39, 0.29) is 24.1 Å². The van der Waals surface area contributed by atoms with Crippen molar-refractivity contribution in [2.75, 3.05) is 19.7 Å². The van der Waals surface area contributed by atoms with Crippen molar-refractivity contribution in [2.24, 2.45) is 11.3 Å². The van der Waals surface area contributed by atoms with Crippen LogP contribution in [-0.2, 0) is 0 Å². The van der Waals surface area contributed by atoms with Gasteiger partial charge >= 0.3 is 6.03 Å². The van der Waals surface area contributed by atoms with Gasteiger partial charge in [-0.1, -0.05) is 20.8 Å². The molecule has 20 heavy (non-hydrogen) atoms. The molecule has 0 radical (unpaired) electrons. The fourth-order valence-corrected chi connectivity index (χ4v) is 2.77. The largest absolute Gasteiger partial charge is 0.396 e. The Hall–Kier alpha value is -0.770. The molecular weight excluding hydrogens is 252 g/mol. The molecule has 1 rings (SSSR count). The van der Waals surface area contributed by atoms with Crippen LogP contribution in [0.5, 0.6) is 0 Å². The third-order valence-electron chi connectivity index (χ3n) is 4.74. The Morgan fingerprint density at radius 2 is 1.85 bits per heavy atom. The number of urea groups is 1. The number of aliphatic hydroxyl groups is 1. The van der Waals surface area contributed by atoms with Gasteiger partial charge in [-0.15, -0.1) is 0 Å². The van der Waals surface area contributed by atoms with Crippen molar-refractivity contribution in [1.82, 2.24) is 10.2 Å². The molecule has 1 saturated heterocycles. The van der Waals surface area contributed by atoms with E-state index in [1.807, 2.05) is 4.90 Å². The lowest BCUT2D eigenvalue weighted by molar-refractivity contribution is 0.0515. The normalized spacial score (nSPS) is 20.0. The molecule has 1 atom stereocenters. The summed E-state index contributed by atoms with van der Waals surface area (Å²) in [6.07, 6.45) is 4.99. The van der Waals surface area contributed by atoms with E-state index in [1.165, 1.54) is 0 Å². The van der Waals surface area contributed by atoms with E-state index in [0.717, 1.165) is 45.2 Å². The average molecular weight is 284 g/mol. The van der Waals surface area contributed by atoms with E-state index in [4.69, 9.17) is 0 Å². The Balaban J connectivity index is 2.35. The van der Waals surface area contributed by atoms with Crippen LogP contribution in [0.25, 0.3) is 0 Å². The van der Waals surface area contributed by atoms with E-state index in [1.54, 1.807) is 0 Å². The number of nitrogens with one attached hydrogen (secondary N) is 1. The van der Waals surface area contributed by atoms with Gasteiger partial charge in [0.1, 0.15) is 0 Å². The first-order chi connectivity index (χ1) is 9.42. The Morgan fingerprint density at radius 3 is 2.30 bits per heavy atom. The van der Waals surface area contributed by atoms with Gasteiger partial charge in [-0.3, -0.25) is 0 Å². The van der Waals surface area contributed by atoms with E-state index >= 15 is 0 Å². The van der Waals surface area contributed by atoms with Crippen LogP contribution in [0.1, 0.15) is 59.8 Å². The SMILES string of the molecule is CCC1(CO)CCN(C(=O)NC(C)CCC(C)C)CC1. The van der Waals surface area contributed by atoms with Crippen LogP contribution in [0.15, 0.2) is 0 Å². The van der Waals surface area contributed by atoms with Gasteiger partial charge in [-0.2, -0.15) is 0 Å². The second kappa shape index (κ2) is 7.87. The number of hydrogen-bond donors (Lipinski definition) is 2. The number of piperidine rings is 1. The summed E-state index contributed by atoms with van der Waals surface area (Å²) in [5.74, 6) is 0.680. The van der Waals surface area contributed by atoms with Gasteiger partial charge in [0.2, 0.25) is 0 Å². The van der Waals surface area contributed by atoms with Crippen LogP contribution < -0.4 is 5.32 Å². The van der Waals surface area contributed by atoms with Gasteiger partial charge in [0.25, 0.3) is 0 Å². The van der Waals surface area contributed by atoms with Crippen molar-refractivity contribution < 1.29 is 9.90 Å². The number of likely N-dealkylation sites (tertiary alicyclic amines) is 1. The number of carbonyl (C=O) groups excluding carboxylic acids is 1. The van der Waals surface area contributed by atoms with Crippen molar-refractivity contribution >= 4 is 6.03 Å². The van der Waals surface area contributed by atoms with Gasteiger partial charge in [0.05, 0.1) is 0 Å². The van der Waals surface area contributed by atoms with Crippen LogP contribution in [-0.4, -0.2) is 41.8 Å². The molecule has 1 aliphatic heterocycles. The highest BCUT2D eigenvalue weighted by Crippen LogP contribution is 2.34. The molecule has 0 aromatic heterocycles. The minimum absolute atomic E-state index is 0.0417. The standard InChI is InChI=1S/C16H32N2O2/c1-5-16(12-19)8-10-18(11-9-16)15(20)17-14(4)7-6-13(2)3/h13-14,19H,5-12H2,1-4H3,(H,17,20). The lowest BCUT2D eigenvalue weighted by atomic mass is 9.77. The summed E-state index contributed by atoms with van der Waals surface area (Å²) in [6, 6.07) is 0.296. The molecule has 0 aromatic carbocycles. The first-order valence-electron chi connectivity index (χ1n) is 8.08. The molecule has 1 unspecified atom stereocenters. The predicted molar refractivity (Wildman–Crippen MR) is 82.7 cm³/mol. The van der Waals surface area contributed by atoms with Crippen LogP contribution >= 0.6 is 0 Å². The van der Waals surface area contributed by atoms with Crippen LogP contribution in [0.2, 0.25) is 0 Å². The third kappa shape index (κ3) is 4.97. The zero-order valence-corrected chi connectivity index (χ0v) is 13.6. The molecule has 0 bridgehead atoms. The summed E-state index contributed by atoms with van der Waals surface area (Å²) in [5.41, 5.74) is 0.0417. The zero-order valence-electron chi connectivity index (χ0n) is 13.6. The van der Waals surface area contributed by atoms with Gasteiger partial charge in [0.15, 0.2) is 0 Å². The highest BCUT2D eigenvalue weighted by atomic mass is 16.3. The first-order valence-corrected chi connectivity index (χ1v) is 8.08. The van der Waals surface area contributed by atoms with Crippen molar-refractivity contribution in [3.8, 4) is 0 Å². The number of carbonyl (C=O) groups is 1. The van der Waals surface area contributed by atoms with Gasteiger partial charge < -0.3 is 15.3 Å². The van der Waals surface area contributed by atoms with Gasteiger partial charge in [0, 0.05) is 25.7 Å². The monoisotopic (exact) mass is 284 g/mol. The van der Waals surface area contributed by atoms with Crippen LogP contribution in [0.4, 0.5) is 4.79 Å². The number of aliphatic hydroxyl groups excluding tert-OH is 1. The van der Waals surface area contributed by atoms with Crippen molar-refractivity contribution in [1.29, 1.82) is 0 Å². The molecule has 0 aliphatic carbocycles. The van der Waals surface area contributed by atoms with E-state index in [0.29, 0.717) is 5.92 Å². The minimum Gasteiger partial charge on any atom is -0.396 e. The van der Waals surface area contributed by atoms with Crippen molar-refractivity contribution in [2.45, 2.75) is 65.8 Å². The zero-order chi connectivity index (χ0) is 15.2. The Morgan fingerprint density at radius 1 is 1.25 bits per heavy atom. The second-order valence-corrected chi connectivity index (χ2v) is 6.82. The quantitative estimate of drug-likeness (QED) is 0.788. The number of hydrogen-bond acceptors (Lipinski definition) is 2. The van der Waals surface area contributed by atoms with E-state index in [9.17, 15) is 9.90 Å². The molecule has 2 amide bonds. The molecule has 0 aromatic rings. The Labute approximate surface area is 123 Å². The highest BCUT2D eigenvalue weighted by Gasteiger charge is 2.33. The average Bonchev–Trinajstić information content (AvgIpc) is 2.45. The van der Waals surface area contributed by atoms with Gasteiger partial charge in [-0.05, 0) is 50.4 Å². The second-order valence-electron chi connectivity index (χ2n) is 6.82. The van der Waals surface area contributed by atoms with E-state index < -0.39 is 0 Å². The van der Waals surface area contributed by atoms with Crippen LogP contribution in [0.3, 0.4) is 0 Å². The molecule has 1 fully saturated rings. The number of rotatable bonds is 6. The molecule has 118 valence electrons. The first kappa shape index (κ1) is 17.3. The molecule has 1 aliphatic rings. The number of amides is 2. The highest BCUT2D eigenvalue weighted by molar-refractivity contribution is 5.74. The van der Waals surface area contributed by atoms with Crippen molar-refractivity contribution in [3.63, 3.8) is 0 Å². The topological polar surface area (TPSA) is 52.6 Å². The lowest BCUT2D eigenvalue weighted by Crippen LogP contribution is -2.50. The van der Waals surface area contributed by atoms with E-state index in [2.05, 4.69) is 33.0 Å². The lowest BCUT2D eigenvalue weighted by Gasteiger charge is -2.40. The molecule has 2 N–H and O–H groups in total. The summed E-state index contributed by atoms with van der Waals surface area (Å²) in [6.45, 7) is 10.4. The number of nitrogens with zero attached hydrogens (tertiary/aromatic N) is 1.